The molecule has 10 heteroatoms. The monoisotopic (exact) mass is 434 g/mol. The number of esters is 2. The van der Waals surface area contributed by atoms with Gasteiger partial charge in [-0.2, -0.15) is 0 Å². The summed E-state index contributed by atoms with van der Waals surface area (Å²) in [5, 5.41) is 13.8. The Balaban J connectivity index is 2.50. The normalized spacial score (nSPS) is 10.8. The summed E-state index contributed by atoms with van der Waals surface area (Å²) in [6, 6.07) is 5.43. The Morgan fingerprint density at radius 1 is 1.03 bits per heavy atom. The standard InChI is InChI=1S/C20H22N2O7S/c1-10(2)28-19(24)15-12(5)16(20(25)29-11(3)4)30-18(15)21-17(23)13-8-6-7-9-14(13)22(26)27/h6-11H,1-5H3,(H,21,23). The van der Waals surface area contributed by atoms with Crippen LogP contribution in [0.25, 0.3) is 0 Å². The van der Waals surface area contributed by atoms with Crippen molar-refractivity contribution in [1.29, 1.82) is 0 Å². The van der Waals surface area contributed by atoms with Gasteiger partial charge in [0.05, 0.1) is 22.7 Å². The highest BCUT2D eigenvalue weighted by Gasteiger charge is 2.29. The van der Waals surface area contributed by atoms with Gasteiger partial charge in [0.25, 0.3) is 11.6 Å². The number of para-hydroxylation sites is 1. The number of ether oxygens (including phenoxy) is 2. The third kappa shape index (κ3) is 5.20. The van der Waals surface area contributed by atoms with Crippen LogP contribution in [0.15, 0.2) is 24.3 Å². The topological polar surface area (TPSA) is 125 Å². The number of anilines is 1. The van der Waals surface area contributed by atoms with Crippen LogP contribution < -0.4 is 5.32 Å². The van der Waals surface area contributed by atoms with Crippen LogP contribution in [0, 0.1) is 17.0 Å². The number of hydrogen-bond donors (Lipinski definition) is 1. The van der Waals surface area contributed by atoms with Crippen LogP contribution in [-0.2, 0) is 9.47 Å². The van der Waals surface area contributed by atoms with Crippen molar-refractivity contribution in [2.45, 2.75) is 46.8 Å². The molecule has 0 aliphatic rings. The number of carbonyl (C=O) groups excluding carboxylic acids is 3. The summed E-state index contributed by atoms with van der Waals surface area (Å²) in [5.74, 6) is -2.15. The highest BCUT2D eigenvalue weighted by atomic mass is 32.1. The Kier molecular flexibility index (Phi) is 7.28. The van der Waals surface area contributed by atoms with Gasteiger partial charge >= 0.3 is 11.9 Å². The molecule has 2 rings (SSSR count). The maximum Gasteiger partial charge on any atom is 0.348 e. The van der Waals surface area contributed by atoms with Gasteiger partial charge in [0, 0.05) is 6.07 Å². The lowest BCUT2D eigenvalue weighted by Crippen LogP contribution is -2.17. The van der Waals surface area contributed by atoms with E-state index in [2.05, 4.69) is 5.32 Å². The Morgan fingerprint density at radius 3 is 2.17 bits per heavy atom. The third-order valence-corrected chi connectivity index (χ3v) is 4.98. The molecule has 30 heavy (non-hydrogen) atoms. The van der Waals surface area contributed by atoms with Gasteiger partial charge in [-0.15, -0.1) is 11.3 Å². The van der Waals surface area contributed by atoms with Crippen molar-refractivity contribution in [2.75, 3.05) is 5.32 Å². The molecular weight excluding hydrogens is 412 g/mol. The molecule has 1 amide bonds. The Morgan fingerprint density at radius 2 is 1.60 bits per heavy atom. The Hall–Kier alpha value is -3.27. The molecule has 0 atom stereocenters. The second kappa shape index (κ2) is 9.49. The van der Waals surface area contributed by atoms with Crippen molar-refractivity contribution < 1.29 is 28.8 Å². The minimum Gasteiger partial charge on any atom is -0.459 e. The molecule has 1 aromatic heterocycles. The Bertz CT molecular complexity index is 995. The van der Waals surface area contributed by atoms with E-state index in [9.17, 15) is 24.5 Å². The van der Waals surface area contributed by atoms with E-state index in [-0.39, 0.29) is 32.8 Å². The maximum atomic E-state index is 12.7. The molecule has 1 heterocycles. The van der Waals surface area contributed by atoms with Crippen LogP contribution in [0.5, 0.6) is 0 Å². The zero-order valence-corrected chi connectivity index (χ0v) is 18.0. The van der Waals surface area contributed by atoms with E-state index in [4.69, 9.17) is 9.47 Å². The van der Waals surface area contributed by atoms with E-state index >= 15 is 0 Å². The predicted molar refractivity (Wildman–Crippen MR) is 111 cm³/mol. The first-order chi connectivity index (χ1) is 14.0. The summed E-state index contributed by atoms with van der Waals surface area (Å²) in [4.78, 5) is 48.4. The van der Waals surface area contributed by atoms with E-state index in [1.807, 2.05) is 0 Å². The van der Waals surface area contributed by atoms with Gasteiger partial charge in [0.2, 0.25) is 0 Å². The molecule has 0 bridgehead atoms. The maximum absolute atomic E-state index is 12.7. The molecule has 1 N–H and O–H groups in total. The van der Waals surface area contributed by atoms with E-state index < -0.39 is 28.9 Å². The van der Waals surface area contributed by atoms with Gasteiger partial charge in [-0.25, -0.2) is 9.59 Å². The SMILES string of the molecule is Cc1c(C(=O)OC(C)C)sc(NC(=O)c2ccccc2[N+](=O)[O-])c1C(=O)OC(C)C. The molecule has 0 aliphatic heterocycles. The molecule has 160 valence electrons. The van der Waals surface area contributed by atoms with E-state index in [0.29, 0.717) is 5.56 Å². The number of nitrogens with zero attached hydrogens (tertiary/aromatic N) is 1. The largest absolute Gasteiger partial charge is 0.459 e. The lowest BCUT2D eigenvalue weighted by Gasteiger charge is -2.10. The third-order valence-electron chi connectivity index (χ3n) is 3.79. The number of nitro benzene ring substituents is 1. The summed E-state index contributed by atoms with van der Waals surface area (Å²) < 4.78 is 10.4. The lowest BCUT2D eigenvalue weighted by molar-refractivity contribution is -0.385. The molecule has 0 unspecified atom stereocenters. The fraction of sp³-hybridized carbons (Fsp3) is 0.350. The number of carbonyl (C=O) groups is 3. The van der Waals surface area contributed by atoms with E-state index in [1.165, 1.54) is 24.3 Å². The lowest BCUT2D eigenvalue weighted by atomic mass is 10.1. The number of hydrogen-bond acceptors (Lipinski definition) is 8. The molecule has 0 radical (unpaired) electrons. The number of thiophene rings is 1. The number of nitro groups is 1. The number of rotatable bonds is 7. The van der Waals surface area contributed by atoms with E-state index in [0.717, 1.165) is 11.3 Å². The van der Waals surface area contributed by atoms with Gasteiger partial charge in [0.15, 0.2) is 0 Å². The fourth-order valence-corrected chi connectivity index (χ4v) is 3.65. The summed E-state index contributed by atoms with van der Waals surface area (Å²) in [5.41, 5.74) is -0.248. The second-order valence-electron chi connectivity index (χ2n) is 6.90. The van der Waals surface area contributed by atoms with Crippen LogP contribution >= 0.6 is 11.3 Å². The highest BCUT2D eigenvalue weighted by Crippen LogP contribution is 2.35. The molecular formula is C20H22N2O7S. The van der Waals surface area contributed by atoms with Crippen molar-refractivity contribution in [3.8, 4) is 0 Å². The number of nitrogens with one attached hydrogen (secondary N) is 1. The summed E-state index contributed by atoms with van der Waals surface area (Å²) in [7, 11) is 0. The van der Waals surface area contributed by atoms with Crippen molar-refractivity contribution in [1.82, 2.24) is 0 Å². The van der Waals surface area contributed by atoms with Gasteiger partial charge < -0.3 is 14.8 Å². The zero-order valence-electron chi connectivity index (χ0n) is 17.2. The molecule has 0 saturated carbocycles. The van der Waals surface area contributed by atoms with E-state index in [1.54, 1.807) is 34.6 Å². The van der Waals surface area contributed by atoms with Gasteiger partial charge in [-0.05, 0) is 46.2 Å². The first-order valence-electron chi connectivity index (χ1n) is 9.13. The fourth-order valence-electron chi connectivity index (χ4n) is 2.58. The summed E-state index contributed by atoms with van der Waals surface area (Å²) in [6.07, 6.45) is -0.809. The van der Waals surface area contributed by atoms with Gasteiger partial charge in [0.1, 0.15) is 15.4 Å². The van der Waals surface area contributed by atoms with Crippen LogP contribution in [-0.4, -0.2) is 35.0 Å². The molecule has 0 fully saturated rings. The highest BCUT2D eigenvalue weighted by molar-refractivity contribution is 7.18. The quantitative estimate of drug-likeness (QED) is 0.390. The first-order valence-corrected chi connectivity index (χ1v) is 9.94. The summed E-state index contributed by atoms with van der Waals surface area (Å²) >= 11 is 0.852. The van der Waals surface area contributed by atoms with Crippen LogP contribution in [0.3, 0.4) is 0 Å². The molecule has 2 aromatic rings. The molecule has 9 nitrogen and oxygen atoms in total. The Labute approximate surface area is 177 Å². The van der Waals surface area contributed by atoms with Crippen molar-refractivity contribution in [3.05, 3.63) is 55.9 Å². The molecule has 1 aromatic carbocycles. The predicted octanol–water partition coefficient (Wildman–Crippen LogP) is 4.35. The zero-order chi connectivity index (χ0) is 22.6. The molecule has 0 aliphatic carbocycles. The first kappa shape index (κ1) is 23.0. The second-order valence-corrected chi connectivity index (χ2v) is 7.92. The van der Waals surface area contributed by atoms with Crippen molar-refractivity contribution in [3.63, 3.8) is 0 Å². The molecule has 0 saturated heterocycles. The van der Waals surface area contributed by atoms with Crippen molar-refractivity contribution >= 4 is 39.9 Å². The number of amides is 1. The van der Waals surface area contributed by atoms with Crippen molar-refractivity contribution in [2.24, 2.45) is 0 Å². The minimum absolute atomic E-state index is 0.0105. The van der Waals surface area contributed by atoms with Crippen LogP contribution in [0.4, 0.5) is 10.7 Å². The average Bonchev–Trinajstić information content (AvgIpc) is 2.96. The average molecular weight is 434 g/mol. The van der Waals surface area contributed by atoms with Crippen LogP contribution in [0.2, 0.25) is 0 Å². The minimum atomic E-state index is -0.786. The van der Waals surface area contributed by atoms with Crippen LogP contribution in [0.1, 0.15) is 63.6 Å². The number of benzene rings is 1. The molecule has 0 spiro atoms. The van der Waals surface area contributed by atoms with Gasteiger partial charge in [-0.1, -0.05) is 12.1 Å². The summed E-state index contributed by atoms with van der Waals surface area (Å²) in [6.45, 7) is 8.25. The smallest absolute Gasteiger partial charge is 0.348 e. The van der Waals surface area contributed by atoms with Gasteiger partial charge in [-0.3, -0.25) is 14.9 Å².